The topological polar surface area (TPSA) is 92.2 Å². The first-order chi connectivity index (χ1) is 7.11. The van der Waals surface area contributed by atoms with Crippen molar-refractivity contribution in [1.29, 1.82) is 0 Å². The molecule has 1 aromatic rings. The molecule has 2 N–H and O–H groups in total. The van der Waals surface area contributed by atoms with Gasteiger partial charge >= 0.3 is 5.97 Å². The normalized spacial score (nSPS) is 11.8. The quantitative estimate of drug-likeness (QED) is 0.724. The highest BCUT2D eigenvalue weighted by Gasteiger charge is 2.12. The second-order valence-electron chi connectivity index (χ2n) is 3.08. The second-order valence-corrected chi connectivity index (χ2v) is 3.08. The number of hydrogen-bond donors (Lipinski definition) is 2. The maximum Gasteiger partial charge on any atom is 0.308 e. The van der Waals surface area contributed by atoms with Crippen LogP contribution in [0, 0.1) is 5.92 Å². The molecule has 1 heterocycles. The van der Waals surface area contributed by atoms with Crippen LogP contribution in [0.5, 0.6) is 0 Å². The van der Waals surface area contributed by atoms with Gasteiger partial charge in [-0.2, -0.15) is 0 Å². The molecular weight excluding hydrogens is 198 g/mol. The summed E-state index contributed by atoms with van der Waals surface area (Å²) in [7, 11) is 0. The minimum Gasteiger partial charge on any atom is -0.481 e. The van der Waals surface area contributed by atoms with Crippen LogP contribution in [0.15, 0.2) is 18.7 Å². The zero-order valence-electron chi connectivity index (χ0n) is 8.17. The van der Waals surface area contributed by atoms with Crippen LogP contribution in [0.4, 0.5) is 0 Å². The first-order valence-electron chi connectivity index (χ1n) is 4.37. The van der Waals surface area contributed by atoms with Crippen molar-refractivity contribution in [2.75, 3.05) is 6.54 Å². The fourth-order valence-corrected chi connectivity index (χ4v) is 0.852. The molecule has 0 radical (unpaired) electrons. The molecule has 0 aromatic carbocycles. The number of carboxylic acids is 1. The molecular formula is C9H11N3O3. The lowest BCUT2D eigenvalue weighted by molar-refractivity contribution is -0.140. The van der Waals surface area contributed by atoms with Crippen molar-refractivity contribution < 1.29 is 14.7 Å². The summed E-state index contributed by atoms with van der Waals surface area (Å²) in [6.07, 6.45) is 4.05. The van der Waals surface area contributed by atoms with Crippen LogP contribution in [0.1, 0.15) is 17.3 Å². The van der Waals surface area contributed by atoms with Crippen molar-refractivity contribution in [3.63, 3.8) is 0 Å². The molecule has 6 nitrogen and oxygen atoms in total. The third kappa shape index (κ3) is 3.34. The van der Waals surface area contributed by atoms with Gasteiger partial charge in [-0.15, -0.1) is 0 Å². The van der Waals surface area contributed by atoms with Crippen LogP contribution in [0.25, 0.3) is 0 Å². The van der Waals surface area contributed by atoms with Crippen LogP contribution in [-0.2, 0) is 4.79 Å². The third-order valence-corrected chi connectivity index (χ3v) is 1.81. The number of hydrogen-bond acceptors (Lipinski definition) is 4. The maximum absolute atomic E-state index is 11.4. The van der Waals surface area contributed by atoms with E-state index < -0.39 is 11.9 Å². The van der Waals surface area contributed by atoms with E-state index in [2.05, 4.69) is 15.3 Å². The van der Waals surface area contributed by atoms with E-state index in [9.17, 15) is 9.59 Å². The Morgan fingerprint density at radius 3 is 2.60 bits per heavy atom. The first kappa shape index (κ1) is 11.1. The molecule has 0 aliphatic carbocycles. The number of aromatic nitrogens is 2. The number of amides is 1. The Kier molecular flexibility index (Phi) is 3.73. The third-order valence-electron chi connectivity index (χ3n) is 1.81. The van der Waals surface area contributed by atoms with Crippen molar-refractivity contribution in [2.24, 2.45) is 5.92 Å². The highest BCUT2D eigenvalue weighted by atomic mass is 16.4. The molecule has 1 atom stereocenters. The Morgan fingerprint density at radius 2 is 2.07 bits per heavy atom. The van der Waals surface area contributed by atoms with Gasteiger partial charge in [0.15, 0.2) is 0 Å². The summed E-state index contributed by atoms with van der Waals surface area (Å²) in [5.41, 5.74) is 0.315. The number of carbonyl (C=O) groups excluding carboxylic acids is 1. The van der Waals surface area contributed by atoms with Gasteiger partial charge in [-0.25, -0.2) is 9.97 Å². The van der Waals surface area contributed by atoms with Gasteiger partial charge in [-0.3, -0.25) is 9.59 Å². The summed E-state index contributed by atoms with van der Waals surface area (Å²) >= 11 is 0. The highest BCUT2D eigenvalue weighted by Crippen LogP contribution is 1.95. The molecule has 0 saturated heterocycles. The molecule has 0 saturated carbocycles. The minimum absolute atomic E-state index is 0.0864. The average Bonchev–Trinajstić information content (AvgIpc) is 2.26. The second kappa shape index (κ2) is 5.04. The average molecular weight is 209 g/mol. The standard InChI is InChI=1S/C9H11N3O3/c1-6(9(14)15)2-12-8(13)7-3-10-5-11-4-7/h3-6H,2H2,1H3,(H,12,13)(H,14,15). The number of carbonyl (C=O) groups is 2. The van der Waals surface area contributed by atoms with Crippen molar-refractivity contribution in [3.8, 4) is 0 Å². The van der Waals surface area contributed by atoms with Crippen molar-refractivity contribution >= 4 is 11.9 Å². The Labute approximate surface area is 86.4 Å². The molecule has 0 bridgehead atoms. The van der Waals surface area contributed by atoms with E-state index in [4.69, 9.17) is 5.11 Å². The Bertz CT molecular complexity index is 353. The molecule has 1 aromatic heterocycles. The van der Waals surface area contributed by atoms with Gasteiger partial charge in [-0.1, -0.05) is 6.92 Å². The molecule has 80 valence electrons. The van der Waals surface area contributed by atoms with E-state index in [0.29, 0.717) is 5.56 Å². The molecule has 0 aliphatic heterocycles. The van der Waals surface area contributed by atoms with E-state index in [0.717, 1.165) is 0 Å². The molecule has 6 heteroatoms. The SMILES string of the molecule is CC(CNC(=O)c1cncnc1)C(=O)O. The molecule has 0 fully saturated rings. The smallest absolute Gasteiger partial charge is 0.308 e. The first-order valence-corrected chi connectivity index (χ1v) is 4.37. The predicted molar refractivity (Wildman–Crippen MR) is 51.2 cm³/mol. The largest absolute Gasteiger partial charge is 0.481 e. The van der Waals surface area contributed by atoms with E-state index >= 15 is 0 Å². The van der Waals surface area contributed by atoms with Gasteiger partial charge < -0.3 is 10.4 Å². The van der Waals surface area contributed by atoms with Crippen LogP contribution in [0.3, 0.4) is 0 Å². The van der Waals surface area contributed by atoms with Gasteiger partial charge in [-0.05, 0) is 0 Å². The van der Waals surface area contributed by atoms with Crippen LogP contribution in [0.2, 0.25) is 0 Å². The maximum atomic E-state index is 11.4. The van der Waals surface area contributed by atoms with Gasteiger partial charge in [0.05, 0.1) is 11.5 Å². The summed E-state index contributed by atoms with van der Waals surface area (Å²) in [6.45, 7) is 1.60. The highest BCUT2D eigenvalue weighted by molar-refractivity contribution is 5.93. The summed E-state index contributed by atoms with van der Waals surface area (Å²) in [5, 5.41) is 11.1. The van der Waals surface area contributed by atoms with Crippen molar-refractivity contribution in [1.82, 2.24) is 15.3 Å². The zero-order valence-corrected chi connectivity index (χ0v) is 8.17. The number of aliphatic carboxylic acids is 1. The number of nitrogens with one attached hydrogen (secondary N) is 1. The Morgan fingerprint density at radius 1 is 1.47 bits per heavy atom. The lowest BCUT2D eigenvalue weighted by Gasteiger charge is -2.07. The van der Waals surface area contributed by atoms with Gasteiger partial charge in [0.2, 0.25) is 0 Å². The van der Waals surface area contributed by atoms with Crippen LogP contribution < -0.4 is 5.32 Å². The lowest BCUT2D eigenvalue weighted by Crippen LogP contribution is -2.31. The molecule has 15 heavy (non-hydrogen) atoms. The molecule has 0 aliphatic rings. The molecule has 1 unspecified atom stereocenters. The summed E-state index contributed by atoms with van der Waals surface area (Å²) < 4.78 is 0. The molecule has 0 spiro atoms. The number of rotatable bonds is 4. The van der Waals surface area contributed by atoms with E-state index in [-0.39, 0.29) is 12.5 Å². The monoisotopic (exact) mass is 209 g/mol. The number of carboxylic acid groups (broad SMARTS) is 1. The minimum atomic E-state index is -0.945. The van der Waals surface area contributed by atoms with E-state index in [1.807, 2.05) is 0 Å². The van der Waals surface area contributed by atoms with Gasteiger partial charge in [0.25, 0.3) is 5.91 Å². The Balaban J connectivity index is 2.47. The van der Waals surface area contributed by atoms with E-state index in [1.54, 1.807) is 0 Å². The molecule has 1 rings (SSSR count). The van der Waals surface area contributed by atoms with E-state index in [1.165, 1.54) is 25.6 Å². The fraction of sp³-hybridized carbons (Fsp3) is 0.333. The summed E-state index contributed by atoms with van der Waals surface area (Å²) in [5.74, 6) is -1.93. The van der Waals surface area contributed by atoms with Gasteiger partial charge in [0.1, 0.15) is 6.33 Å². The summed E-state index contributed by atoms with van der Waals surface area (Å²) in [6, 6.07) is 0. The van der Waals surface area contributed by atoms with Crippen molar-refractivity contribution in [3.05, 3.63) is 24.3 Å². The fourth-order valence-electron chi connectivity index (χ4n) is 0.852. The number of nitrogens with zero attached hydrogens (tertiary/aromatic N) is 2. The lowest BCUT2D eigenvalue weighted by atomic mass is 10.2. The van der Waals surface area contributed by atoms with Crippen LogP contribution >= 0.6 is 0 Å². The van der Waals surface area contributed by atoms with Gasteiger partial charge in [0, 0.05) is 18.9 Å². The predicted octanol–water partition coefficient (Wildman–Crippen LogP) is -0.0729. The van der Waals surface area contributed by atoms with Crippen molar-refractivity contribution in [2.45, 2.75) is 6.92 Å². The molecule has 1 amide bonds. The summed E-state index contributed by atoms with van der Waals surface area (Å²) in [4.78, 5) is 29.2. The Hall–Kier alpha value is -1.98. The van der Waals surface area contributed by atoms with Crippen LogP contribution in [-0.4, -0.2) is 33.5 Å². The zero-order chi connectivity index (χ0) is 11.3.